The molecule has 0 aliphatic heterocycles. The molecule has 1 unspecified atom stereocenters. The van der Waals surface area contributed by atoms with Gasteiger partial charge < -0.3 is 16.4 Å². The molecule has 0 spiro atoms. The summed E-state index contributed by atoms with van der Waals surface area (Å²) in [6, 6.07) is 3.00. The van der Waals surface area contributed by atoms with Crippen molar-refractivity contribution in [2.45, 2.75) is 39.3 Å². The molecule has 1 aromatic rings. The highest BCUT2D eigenvalue weighted by Crippen LogP contribution is 2.17. The number of hydrogen-bond donors (Lipinski definition) is 3. The van der Waals surface area contributed by atoms with Crippen LogP contribution in [-0.2, 0) is 4.79 Å². The summed E-state index contributed by atoms with van der Waals surface area (Å²) in [4.78, 5) is 15.9. The molecule has 6 nitrogen and oxygen atoms in total. The summed E-state index contributed by atoms with van der Waals surface area (Å²) in [6.07, 6.45) is 1.41. The molecule has 102 valence electrons. The third-order valence-electron chi connectivity index (χ3n) is 2.29. The van der Waals surface area contributed by atoms with E-state index in [4.69, 9.17) is 11.0 Å². The van der Waals surface area contributed by atoms with Crippen LogP contribution in [0.4, 0.5) is 11.5 Å². The number of anilines is 2. The van der Waals surface area contributed by atoms with Crippen LogP contribution < -0.4 is 16.4 Å². The molecular formula is C13H19N5O. The van der Waals surface area contributed by atoms with Gasteiger partial charge in [0.1, 0.15) is 17.9 Å². The van der Waals surface area contributed by atoms with Gasteiger partial charge in [-0.1, -0.05) is 0 Å². The van der Waals surface area contributed by atoms with Crippen molar-refractivity contribution in [1.29, 1.82) is 5.26 Å². The SMILES string of the molecule is CC(Nc1ncc(C#N)cc1N)C(=O)NC(C)(C)C. The Bertz CT molecular complexity index is 513. The first kappa shape index (κ1) is 14.8. The maximum absolute atomic E-state index is 11.9. The fraction of sp³-hybridized carbons (Fsp3) is 0.462. The van der Waals surface area contributed by atoms with Gasteiger partial charge in [-0.25, -0.2) is 4.98 Å². The van der Waals surface area contributed by atoms with Gasteiger partial charge in [-0.3, -0.25) is 4.79 Å². The molecular weight excluding hydrogens is 242 g/mol. The lowest BCUT2D eigenvalue weighted by atomic mass is 10.1. The minimum absolute atomic E-state index is 0.141. The van der Waals surface area contributed by atoms with Crippen LogP contribution in [-0.4, -0.2) is 22.5 Å². The predicted molar refractivity (Wildman–Crippen MR) is 74.3 cm³/mol. The van der Waals surface area contributed by atoms with Gasteiger partial charge in [0.05, 0.1) is 11.3 Å². The number of hydrogen-bond acceptors (Lipinski definition) is 5. The number of aromatic nitrogens is 1. The van der Waals surface area contributed by atoms with Crippen LogP contribution in [0.3, 0.4) is 0 Å². The lowest BCUT2D eigenvalue weighted by molar-refractivity contribution is -0.122. The van der Waals surface area contributed by atoms with Crippen LogP contribution in [0, 0.1) is 11.3 Å². The number of carbonyl (C=O) groups excluding carboxylic acids is 1. The van der Waals surface area contributed by atoms with E-state index in [0.29, 0.717) is 17.1 Å². The fourth-order valence-electron chi connectivity index (χ4n) is 1.41. The number of nitriles is 1. The Morgan fingerprint density at radius 3 is 2.63 bits per heavy atom. The largest absolute Gasteiger partial charge is 0.396 e. The Kier molecular flexibility index (Phi) is 4.33. The Hall–Kier alpha value is -2.29. The zero-order valence-corrected chi connectivity index (χ0v) is 11.6. The average Bonchev–Trinajstić information content (AvgIpc) is 2.29. The van der Waals surface area contributed by atoms with E-state index in [9.17, 15) is 4.79 Å². The Balaban J connectivity index is 2.75. The van der Waals surface area contributed by atoms with Gasteiger partial charge in [-0.2, -0.15) is 5.26 Å². The van der Waals surface area contributed by atoms with Crippen LogP contribution in [0.1, 0.15) is 33.3 Å². The first-order chi connectivity index (χ1) is 8.73. The molecule has 1 aromatic heterocycles. The van der Waals surface area contributed by atoms with Gasteiger partial charge in [0, 0.05) is 11.7 Å². The summed E-state index contributed by atoms with van der Waals surface area (Å²) >= 11 is 0. The molecule has 0 saturated heterocycles. The summed E-state index contributed by atoms with van der Waals surface area (Å²) in [5.74, 6) is 0.258. The number of nitrogens with zero attached hydrogens (tertiary/aromatic N) is 2. The number of carbonyl (C=O) groups is 1. The number of amides is 1. The van der Waals surface area contributed by atoms with E-state index in [1.165, 1.54) is 12.3 Å². The van der Waals surface area contributed by atoms with E-state index >= 15 is 0 Å². The van der Waals surface area contributed by atoms with Crippen molar-refractivity contribution in [3.63, 3.8) is 0 Å². The molecule has 1 atom stereocenters. The predicted octanol–water partition coefficient (Wildman–Crippen LogP) is 1.25. The number of pyridine rings is 1. The normalized spacial score (nSPS) is 12.4. The minimum Gasteiger partial charge on any atom is -0.396 e. The van der Waals surface area contributed by atoms with Crippen LogP contribution in [0.5, 0.6) is 0 Å². The average molecular weight is 261 g/mol. The molecule has 4 N–H and O–H groups in total. The van der Waals surface area contributed by atoms with E-state index in [1.807, 2.05) is 26.8 Å². The molecule has 0 fully saturated rings. The van der Waals surface area contributed by atoms with Crippen molar-refractivity contribution < 1.29 is 4.79 Å². The molecule has 0 radical (unpaired) electrons. The van der Waals surface area contributed by atoms with Crippen molar-refractivity contribution in [3.8, 4) is 6.07 Å². The first-order valence-corrected chi connectivity index (χ1v) is 5.97. The zero-order valence-electron chi connectivity index (χ0n) is 11.6. The number of nitrogens with two attached hydrogens (primary N) is 1. The summed E-state index contributed by atoms with van der Waals surface area (Å²) in [5.41, 5.74) is 6.20. The molecule has 1 amide bonds. The molecule has 0 saturated carbocycles. The monoisotopic (exact) mass is 261 g/mol. The molecule has 6 heteroatoms. The standard InChI is InChI=1S/C13H19N5O/c1-8(12(19)18-13(2,3)4)17-11-10(15)5-9(6-14)7-16-11/h5,7-8H,15H2,1-4H3,(H,16,17)(H,18,19). The van der Waals surface area contributed by atoms with E-state index in [0.717, 1.165) is 0 Å². The quantitative estimate of drug-likeness (QED) is 0.759. The second-order valence-corrected chi connectivity index (χ2v) is 5.38. The van der Waals surface area contributed by atoms with Gasteiger partial charge in [-0.05, 0) is 33.8 Å². The summed E-state index contributed by atoms with van der Waals surface area (Å²) in [5, 5.41) is 14.5. The smallest absolute Gasteiger partial charge is 0.242 e. The molecule has 0 bridgehead atoms. The Morgan fingerprint density at radius 2 is 2.16 bits per heavy atom. The first-order valence-electron chi connectivity index (χ1n) is 5.97. The van der Waals surface area contributed by atoms with Crippen molar-refractivity contribution in [3.05, 3.63) is 17.8 Å². The number of nitrogen functional groups attached to an aromatic ring is 1. The van der Waals surface area contributed by atoms with Gasteiger partial charge >= 0.3 is 0 Å². The fourth-order valence-corrected chi connectivity index (χ4v) is 1.41. The van der Waals surface area contributed by atoms with Gasteiger partial charge in [-0.15, -0.1) is 0 Å². The van der Waals surface area contributed by atoms with E-state index in [-0.39, 0.29) is 11.4 Å². The third kappa shape index (κ3) is 4.47. The van der Waals surface area contributed by atoms with Crippen LogP contribution in [0.2, 0.25) is 0 Å². The second-order valence-electron chi connectivity index (χ2n) is 5.38. The van der Waals surface area contributed by atoms with Crippen molar-refractivity contribution in [1.82, 2.24) is 10.3 Å². The number of nitrogens with one attached hydrogen (secondary N) is 2. The molecule has 1 rings (SSSR count). The van der Waals surface area contributed by atoms with Crippen LogP contribution in [0.25, 0.3) is 0 Å². The molecule has 1 heterocycles. The topological polar surface area (TPSA) is 104 Å². The second kappa shape index (κ2) is 5.57. The molecule has 0 aliphatic rings. The summed E-state index contributed by atoms with van der Waals surface area (Å²) in [6.45, 7) is 7.45. The highest BCUT2D eigenvalue weighted by Gasteiger charge is 2.19. The zero-order chi connectivity index (χ0) is 14.6. The third-order valence-corrected chi connectivity index (χ3v) is 2.29. The van der Waals surface area contributed by atoms with Crippen molar-refractivity contribution >= 4 is 17.4 Å². The van der Waals surface area contributed by atoms with Crippen molar-refractivity contribution in [2.24, 2.45) is 0 Å². The van der Waals surface area contributed by atoms with E-state index in [1.54, 1.807) is 6.92 Å². The maximum atomic E-state index is 11.9. The van der Waals surface area contributed by atoms with Crippen molar-refractivity contribution in [2.75, 3.05) is 11.1 Å². The van der Waals surface area contributed by atoms with E-state index < -0.39 is 6.04 Å². The molecule has 0 aromatic carbocycles. The Morgan fingerprint density at radius 1 is 1.53 bits per heavy atom. The molecule has 0 aliphatic carbocycles. The highest BCUT2D eigenvalue weighted by molar-refractivity contribution is 5.85. The van der Waals surface area contributed by atoms with Crippen LogP contribution in [0.15, 0.2) is 12.3 Å². The van der Waals surface area contributed by atoms with Gasteiger partial charge in [0.2, 0.25) is 5.91 Å². The highest BCUT2D eigenvalue weighted by atomic mass is 16.2. The summed E-state index contributed by atoms with van der Waals surface area (Å²) in [7, 11) is 0. The summed E-state index contributed by atoms with van der Waals surface area (Å²) < 4.78 is 0. The van der Waals surface area contributed by atoms with Gasteiger partial charge in [0.15, 0.2) is 0 Å². The minimum atomic E-state index is -0.470. The molecule has 19 heavy (non-hydrogen) atoms. The van der Waals surface area contributed by atoms with Crippen LogP contribution >= 0.6 is 0 Å². The lowest BCUT2D eigenvalue weighted by Crippen LogP contribution is -2.47. The Labute approximate surface area is 113 Å². The van der Waals surface area contributed by atoms with E-state index in [2.05, 4.69) is 15.6 Å². The van der Waals surface area contributed by atoms with Gasteiger partial charge in [0.25, 0.3) is 0 Å². The lowest BCUT2D eigenvalue weighted by Gasteiger charge is -2.24. The maximum Gasteiger partial charge on any atom is 0.242 e. The number of rotatable bonds is 3.